The number of nitriles is 1. The predicted octanol–water partition coefficient (Wildman–Crippen LogP) is 20.0. The van der Waals surface area contributed by atoms with Crippen LogP contribution in [0.2, 0.25) is 0 Å². The highest BCUT2D eigenvalue weighted by Crippen LogP contribution is 2.59. The third kappa shape index (κ3) is 12.4. The van der Waals surface area contributed by atoms with Crippen molar-refractivity contribution in [1.29, 1.82) is 5.26 Å². The second-order valence-corrected chi connectivity index (χ2v) is 34.9. The summed E-state index contributed by atoms with van der Waals surface area (Å²) in [6.45, 7) is 0. The van der Waals surface area contributed by atoms with Crippen LogP contribution in [0.25, 0.3) is 0 Å². The molecule has 12 unspecified atom stereocenters. The van der Waals surface area contributed by atoms with E-state index in [4.69, 9.17) is 0 Å². The fourth-order valence-corrected chi connectivity index (χ4v) is 27.6. The van der Waals surface area contributed by atoms with Crippen molar-refractivity contribution in [3.05, 3.63) is 0 Å². The number of fused-ring (bicyclic) bond motifs is 6. The molecular weight excluding hydrogens is 1020 g/mol. The summed E-state index contributed by atoms with van der Waals surface area (Å²) in [5.74, 6) is 11.9. The van der Waals surface area contributed by atoms with Crippen LogP contribution in [0.1, 0.15) is 340 Å². The summed E-state index contributed by atoms with van der Waals surface area (Å²) in [5.41, 5.74) is 0. The lowest BCUT2D eigenvalue weighted by Crippen LogP contribution is -2.52. The van der Waals surface area contributed by atoms with Gasteiger partial charge >= 0.3 is 0 Å². The Hall–Kier alpha value is -0.670. The van der Waals surface area contributed by atoms with Crippen LogP contribution < -0.4 is 0 Å². The van der Waals surface area contributed by atoms with Crippen LogP contribution in [-0.2, 0) is 0 Å². The van der Waals surface area contributed by atoms with Gasteiger partial charge in [0, 0.05) is 78.4 Å². The number of likely N-dealkylation sites (tertiary alicyclic amines) is 2. The Kier molecular flexibility index (Phi) is 19.6. The summed E-state index contributed by atoms with van der Waals surface area (Å²) in [5, 5.41) is 10.7. The third-order valence-corrected chi connectivity index (χ3v) is 31.3. The normalized spacial score (nSPS) is 46.7. The zero-order chi connectivity index (χ0) is 55.9. The maximum absolute atomic E-state index is 10.7. The molecular formula is C79H131N5. The molecule has 5 nitrogen and oxygen atoms in total. The quantitative estimate of drug-likeness (QED) is 0.195. The lowest BCUT2D eigenvalue weighted by Gasteiger charge is -2.50. The largest absolute Gasteiger partial charge is 0.294 e. The average molecular weight is 1150 g/mol. The second kappa shape index (κ2) is 27.7. The van der Waals surface area contributed by atoms with Gasteiger partial charge in [-0.1, -0.05) is 103 Å². The van der Waals surface area contributed by atoms with Gasteiger partial charge in [-0.2, -0.15) is 5.26 Å². The molecule has 0 aromatic carbocycles. The molecule has 5 heteroatoms. The maximum Gasteiger partial charge on any atom is 0.0655 e. The minimum absolute atomic E-state index is 0.324. The molecule has 2 saturated heterocycles. The summed E-state index contributed by atoms with van der Waals surface area (Å²) in [6.07, 6.45) is 79.7. The van der Waals surface area contributed by atoms with E-state index in [1.54, 1.807) is 64.2 Å². The molecule has 2 aliphatic heterocycles. The van der Waals surface area contributed by atoms with E-state index < -0.39 is 0 Å². The van der Waals surface area contributed by atoms with Crippen molar-refractivity contribution < 1.29 is 0 Å². The molecule has 13 saturated carbocycles. The average Bonchev–Trinajstić information content (AvgIpc) is 2.53. The van der Waals surface area contributed by atoms with Gasteiger partial charge in [-0.3, -0.25) is 19.6 Å². The maximum atomic E-state index is 10.7. The highest BCUT2D eigenvalue weighted by molar-refractivity contribution is 5.10. The van der Waals surface area contributed by atoms with Gasteiger partial charge in [-0.05, 0) is 309 Å². The molecule has 0 amide bonds. The first-order chi connectivity index (χ1) is 41.6. The summed E-state index contributed by atoms with van der Waals surface area (Å²) < 4.78 is 0. The first-order valence-corrected chi connectivity index (χ1v) is 40.1. The van der Waals surface area contributed by atoms with Crippen LogP contribution in [0.15, 0.2) is 0 Å². The monoisotopic (exact) mass is 1150 g/mol. The Bertz CT molecular complexity index is 1890. The molecule has 84 heavy (non-hydrogen) atoms. The van der Waals surface area contributed by atoms with E-state index in [2.05, 4.69) is 25.7 Å². The first-order valence-electron chi connectivity index (χ1n) is 40.1. The van der Waals surface area contributed by atoms with Gasteiger partial charge < -0.3 is 0 Å². The van der Waals surface area contributed by atoms with Gasteiger partial charge in [-0.25, -0.2) is 0 Å². The van der Waals surface area contributed by atoms with Gasteiger partial charge in [-0.15, -0.1) is 0 Å². The van der Waals surface area contributed by atoms with Gasteiger partial charge in [0.05, 0.1) is 6.07 Å². The molecule has 0 radical (unpaired) electrons. The number of hydrogen-bond acceptors (Lipinski definition) is 5. The van der Waals surface area contributed by atoms with Crippen LogP contribution >= 0.6 is 0 Å². The van der Waals surface area contributed by atoms with E-state index >= 15 is 0 Å². The Morgan fingerprint density at radius 3 is 0.869 bits per heavy atom. The molecule has 0 aromatic heterocycles. The van der Waals surface area contributed by atoms with Crippen molar-refractivity contribution in [3.8, 4) is 6.07 Å². The summed E-state index contributed by atoms with van der Waals surface area (Å²) >= 11 is 0. The minimum Gasteiger partial charge on any atom is -0.294 e. The summed E-state index contributed by atoms with van der Waals surface area (Å²) in [6, 6.07) is 13.8. The standard InChI is InChI=1S/C79H131N5/c80-54-55-49-62(58-33-43-70(44-34-58)83-76-27-15-13-25-72(76)74-52-60(37-47-78(74)83)56-29-39-68(40-30-56)81(64-17-5-1-6-18-64)65-19-7-2-8-20-65)51-63(50-55)59-35-45-71(46-36-59)84-77-28-16-14-26-73(77)75-53-61(38-48-79(75)84)57-31-41-69(42-32-57)82(66-21-9-3-10-22-66)67-23-11-4-12-24-67/h55-79H,1-53H2. The lowest BCUT2D eigenvalue weighted by molar-refractivity contribution is 0.000381. The zero-order valence-corrected chi connectivity index (χ0v) is 54.6. The van der Waals surface area contributed by atoms with Crippen molar-refractivity contribution in [1.82, 2.24) is 19.6 Å². The van der Waals surface area contributed by atoms with Crippen LogP contribution in [0.5, 0.6) is 0 Å². The Labute approximate surface area is 518 Å². The van der Waals surface area contributed by atoms with Crippen molar-refractivity contribution >= 4 is 0 Å². The van der Waals surface area contributed by atoms with Gasteiger partial charge in [0.15, 0.2) is 0 Å². The number of hydrogen-bond donors (Lipinski definition) is 0. The van der Waals surface area contributed by atoms with Crippen molar-refractivity contribution in [2.24, 2.45) is 76.9 Å². The van der Waals surface area contributed by atoms with Gasteiger partial charge in [0.1, 0.15) is 0 Å². The smallest absolute Gasteiger partial charge is 0.0655 e. The zero-order valence-electron chi connectivity index (χ0n) is 54.6. The topological polar surface area (TPSA) is 36.8 Å². The molecule has 12 atom stereocenters. The van der Waals surface area contributed by atoms with Crippen molar-refractivity contribution in [3.63, 3.8) is 0 Å². The van der Waals surface area contributed by atoms with Crippen molar-refractivity contribution in [2.45, 2.75) is 413 Å². The number of nitrogens with zero attached hydrogens (tertiary/aromatic N) is 5. The fourth-order valence-electron chi connectivity index (χ4n) is 27.6. The highest BCUT2D eigenvalue weighted by atomic mass is 15.3. The highest BCUT2D eigenvalue weighted by Gasteiger charge is 2.57. The molecule has 0 N–H and O–H groups in total. The lowest BCUT2D eigenvalue weighted by atomic mass is 9.62. The SMILES string of the molecule is N#CC1CC(C2CCC(N3C4CCCCC4C4CC(C5CCC(N(C6CCCCC6)C6CCCCC6)CC5)CCC43)CC2)CC(C2CCC(N3C4CCCCC4C4CC(C5CCC(N(C6CCCCC6)C6CCCCC6)CC5)CCC43)CC2)C1. The second-order valence-electron chi connectivity index (χ2n) is 34.9. The Balaban J connectivity index is 0.533. The molecule has 15 rings (SSSR count). The van der Waals surface area contributed by atoms with E-state index in [1.165, 1.54) is 276 Å². The van der Waals surface area contributed by atoms with Crippen LogP contribution in [0, 0.1) is 88.3 Å². The van der Waals surface area contributed by atoms with E-state index in [-0.39, 0.29) is 0 Å². The first kappa shape index (κ1) is 59.6. The Morgan fingerprint density at radius 1 is 0.226 bits per heavy atom. The molecule has 0 aromatic rings. The van der Waals surface area contributed by atoms with E-state index in [1.807, 2.05) is 0 Å². The van der Waals surface area contributed by atoms with Crippen molar-refractivity contribution in [2.75, 3.05) is 0 Å². The van der Waals surface area contributed by atoms with Gasteiger partial charge in [0.2, 0.25) is 0 Å². The van der Waals surface area contributed by atoms with Crippen LogP contribution in [0.4, 0.5) is 0 Å². The van der Waals surface area contributed by atoms with E-state index in [0.717, 1.165) is 144 Å². The third-order valence-electron chi connectivity index (χ3n) is 31.3. The Morgan fingerprint density at radius 2 is 0.512 bits per heavy atom. The molecule has 0 bridgehead atoms. The number of rotatable bonds is 12. The van der Waals surface area contributed by atoms with Gasteiger partial charge in [0.25, 0.3) is 0 Å². The fraction of sp³-hybridized carbons (Fsp3) is 0.987. The minimum atomic E-state index is 0.324. The van der Waals surface area contributed by atoms with E-state index in [9.17, 15) is 5.26 Å². The molecule has 15 fully saturated rings. The predicted molar refractivity (Wildman–Crippen MR) is 348 cm³/mol. The molecule has 15 aliphatic rings. The summed E-state index contributed by atoms with van der Waals surface area (Å²) in [7, 11) is 0. The summed E-state index contributed by atoms with van der Waals surface area (Å²) in [4.78, 5) is 13.1. The molecule has 472 valence electrons. The van der Waals surface area contributed by atoms with E-state index in [0.29, 0.717) is 5.92 Å². The molecule has 13 aliphatic carbocycles. The molecule has 0 spiro atoms. The van der Waals surface area contributed by atoms with Crippen LogP contribution in [0.3, 0.4) is 0 Å². The van der Waals surface area contributed by atoms with Crippen LogP contribution in [-0.4, -0.2) is 92.1 Å². The molecule has 2 heterocycles.